The van der Waals surface area contributed by atoms with Gasteiger partial charge in [0.1, 0.15) is 25.0 Å². The average molecular weight is 369 g/mol. The maximum Gasteiger partial charge on any atom is 0.231 e. The maximum atomic E-state index is 12.6. The van der Waals surface area contributed by atoms with Gasteiger partial charge in [-0.05, 0) is 47.9 Å². The van der Waals surface area contributed by atoms with Gasteiger partial charge >= 0.3 is 0 Å². The van der Waals surface area contributed by atoms with Crippen molar-refractivity contribution in [3.05, 3.63) is 71.3 Å². The third kappa shape index (κ3) is 3.70. The van der Waals surface area contributed by atoms with Crippen LogP contribution >= 0.6 is 11.6 Å². The van der Waals surface area contributed by atoms with E-state index >= 15 is 0 Å². The molecule has 0 bridgehead atoms. The van der Waals surface area contributed by atoms with Crippen LogP contribution in [0.3, 0.4) is 0 Å². The van der Waals surface area contributed by atoms with E-state index in [0.29, 0.717) is 24.6 Å². The third-order valence-corrected chi connectivity index (χ3v) is 4.54. The second-order valence-electron chi connectivity index (χ2n) is 6.25. The number of rotatable bonds is 4. The molecule has 1 aliphatic rings. The first-order valence-electron chi connectivity index (χ1n) is 8.31. The first kappa shape index (κ1) is 16.6. The Morgan fingerprint density at radius 3 is 3.08 bits per heavy atom. The number of anilines is 1. The molecule has 0 aliphatic carbocycles. The van der Waals surface area contributed by atoms with Crippen LogP contribution in [0.25, 0.3) is 0 Å². The van der Waals surface area contributed by atoms with Crippen molar-refractivity contribution in [3.8, 4) is 5.75 Å². The summed E-state index contributed by atoms with van der Waals surface area (Å²) < 4.78 is 7.44. The van der Waals surface area contributed by atoms with Crippen molar-refractivity contribution in [1.29, 1.82) is 0 Å². The molecule has 0 unspecified atom stereocenters. The number of nitrogens with zero attached hydrogens (tertiary/aromatic N) is 3. The minimum Gasteiger partial charge on any atom is -0.492 e. The molecular formula is C19H17ClN4O2. The van der Waals surface area contributed by atoms with Gasteiger partial charge in [-0.3, -0.25) is 4.79 Å². The Kier molecular flexibility index (Phi) is 4.58. The minimum absolute atomic E-state index is 0.0615. The van der Waals surface area contributed by atoms with Crippen LogP contribution in [-0.2, 0) is 17.8 Å². The van der Waals surface area contributed by atoms with Gasteiger partial charge in [-0.2, -0.15) is 5.10 Å². The molecule has 3 aromatic rings. The number of halogens is 1. The van der Waals surface area contributed by atoms with E-state index in [1.54, 1.807) is 17.1 Å². The number of ether oxygens (including phenoxy) is 1. The van der Waals surface area contributed by atoms with Crippen molar-refractivity contribution in [2.24, 2.45) is 5.92 Å². The number of hydrogen-bond donors (Lipinski definition) is 1. The van der Waals surface area contributed by atoms with Crippen molar-refractivity contribution >= 4 is 23.2 Å². The van der Waals surface area contributed by atoms with Gasteiger partial charge in [0.25, 0.3) is 0 Å². The predicted molar refractivity (Wildman–Crippen MR) is 98.3 cm³/mol. The molecule has 0 radical (unpaired) electrons. The molecule has 7 heteroatoms. The Bertz CT molecular complexity index is 927. The van der Waals surface area contributed by atoms with Crippen LogP contribution in [0.2, 0.25) is 5.02 Å². The number of fused-ring (bicyclic) bond motifs is 1. The molecule has 1 aliphatic heterocycles. The topological polar surface area (TPSA) is 69.0 Å². The van der Waals surface area contributed by atoms with Gasteiger partial charge in [0, 0.05) is 10.7 Å². The molecule has 26 heavy (non-hydrogen) atoms. The summed E-state index contributed by atoms with van der Waals surface area (Å²) >= 11 is 6.04. The van der Waals surface area contributed by atoms with Crippen LogP contribution in [0, 0.1) is 5.92 Å². The summed E-state index contributed by atoms with van der Waals surface area (Å²) in [5.74, 6) is 0.488. The van der Waals surface area contributed by atoms with Crippen LogP contribution < -0.4 is 10.1 Å². The highest BCUT2D eigenvalue weighted by Crippen LogP contribution is 2.30. The zero-order valence-corrected chi connectivity index (χ0v) is 14.7. The van der Waals surface area contributed by atoms with Crippen molar-refractivity contribution in [3.63, 3.8) is 0 Å². The Labute approximate surface area is 155 Å². The molecular weight excluding hydrogens is 352 g/mol. The molecule has 4 rings (SSSR count). The van der Waals surface area contributed by atoms with Crippen LogP contribution in [-0.4, -0.2) is 27.3 Å². The summed E-state index contributed by atoms with van der Waals surface area (Å²) in [6, 6.07) is 13.2. The lowest BCUT2D eigenvalue weighted by atomic mass is 9.96. The fourth-order valence-electron chi connectivity index (χ4n) is 3.02. The molecule has 6 nitrogen and oxygen atoms in total. The molecule has 1 N–H and O–H groups in total. The highest BCUT2D eigenvalue weighted by atomic mass is 35.5. The number of amides is 1. The third-order valence-electron chi connectivity index (χ3n) is 4.31. The average Bonchev–Trinajstić information content (AvgIpc) is 3.14. The predicted octanol–water partition coefficient (Wildman–Crippen LogP) is 3.17. The van der Waals surface area contributed by atoms with Crippen LogP contribution in [0.1, 0.15) is 11.1 Å². The quantitative estimate of drug-likeness (QED) is 0.768. The zero-order valence-electron chi connectivity index (χ0n) is 13.9. The van der Waals surface area contributed by atoms with Gasteiger partial charge in [-0.1, -0.05) is 23.7 Å². The SMILES string of the molecule is O=C(Nc1cccc(Cn2cncn2)c1)[C@@H]1COc2ccc(Cl)cc2C1. The van der Waals surface area contributed by atoms with Crippen LogP contribution in [0.15, 0.2) is 55.1 Å². The summed E-state index contributed by atoms with van der Waals surface area (Å²) in [5, 5.41) is 7.72. The molecule has 0 saturated carbocycles. The lowest BCUT2D eigenvalue weighted by Crippen LogP contribution is -2.32. The smallest absolute Gasteiger partial charge is 0.231 e. The Morgan fingerprint density at radius 1 is 1.31 bits per heavy atom. The number of carbonyl (C=O) groups is 1. The van der Waals surface area contributed by atoms with E-state index in [9.17, 15) is 4.79 Å². The molecule has 0 spiro atoms. The number of benzene rings is 2. The molecule has 132 valence electrons. The fourth-order valence-corrected chi connectivity index (χ4v) is 3.22. The van der Waals surface area contributed by atoms with Gasteiger partial charge in [0.05, 0.1) is 12.5 Å². The molecule has 1 aromatic heterocycles. The van der Waals surface area contributed by atoms with E-state index in [1.165, 1.54) is 6.33 Å². The first-order chi connectivity index (χ1) is 12.7. The Morgan fingerprint density at radius 2 is 2.23 bits per heavy atom. The molecule has 0 fully saturated rings. The molecule has 1 atom stereocenters. The van der Waals surface area contributed by atoms with Gasteiger partial charge in [-0.25, -0.2) is 9.67 Å². The standard InChI is InChI=1S/C19H17ClN4O2/c20-16-4-5-18-14(8-16)7-15(10-26-18)19(25)23-17-3-1-2-13(6-17)9-24-12-21-11-22-24/h1-6,8,11-12,15H,7,9-10H2,(H,23,25)/t15-/m0/s1. The van der Waals surface area contributed by atoms with E-state index in [0.717, 1.165) is 22.6 Å². The maximum absolute atomic E-state index is 12.6. The Hall–Kier alpha value is -2.86. The highest BCUT2D eigenvalue weighted by molar-refractivity contribution is 6.30. The molecule has 2 heterocycles. The van der Waals surface area contributed by atoms with Gasteiger partial charge in [0.15, 0.2) is 0 Å². The van der Waals surface area contributed by atoms with Crippen molar-refractivity contribution < 1.29 is 9.53 Å². The monoisotopic (exact) mass is 368 g/mol. The highest BCUT2D eigenvalue weighted by Gasteiger charge is 2.26. The van der Waals surface area contributed by atoms with Gasteiger partial charge < -0.3 is 10.1 Å². The molecule has 0 saturated heterocycles. The van der Waals surface area contributed by atoms with Crippen LogP contribution in [0.4, 0.5) is 5.69 Å². The number of carbonyl (C=O) groups excluding carboxylic acids is 1. The lowest BCUT2D eigenvalue weighted by molar-refractivity contribution is -0.121. The second-order valence-corrected chi connectivity index (χ2v) is 6.68. The summed E-state index contributed by atoms with van der Waals surface area (Å²) in [4.78, 5) is 16.6. The number of aromatic nitrogens is 3. The van der Waals surface area contributed by atoms with Gasteiger partial charge in [-0.15, -0.1) is 0 Å². The molecule has 1 amide bonds. The zero-order chi connectivity index (χ0) is 17.9. The summed E-state index contributed by atoms with van der Waals surface area (Å²) in [6.45, 7) is 0.960. The summed E-state index contributed by atoms with van der Waals surface area (Å²) in [7, 11) is 0. The fraction of sp³-hybridized carbons (Fsp3) is 0.211. The second kappa shape index (κ2) is 7.17. The van der Waals surface area contributed by atoms with Crippen LogP contribution in [0.5, 0.6) is 5.75 Å². The largest absolute Gasteiger partial charge is 0.492 e. The number of nitrogens with one attached hydrogen (secondary N) is 1. The number of hydrogen-bond acceptors (Lipinski definition) is 4. The van der Waals surface area contributed by atoms with E-state index in [2.05, 4.69) is 15.4 Å². The van der Waals surface area contributed by atoms with Crippen molar-refractivity contribution in [2.45, 2.75) is 13.0 Å². The van der Waals surface area contributed by atoms with E-state index in [4.69, 9.17) is 16.3 Å². The van der Waals surface area contributed by atoms with Gasteiger partial charge in [0.2, 0.25) is 5.91 Å². The first-order valence-corrected chi connectivity index (χ1v) is 8.68. The van der Waals surface area contributed by atoms with Crippen molar-refractivity contribution in [1.82, 2.24) is 14.8 Å². The van der Waals surface area contributed by atoms with E-state index in [1.807, 2.05) is 36.4 Å². The Balaban J connectivity index is 1.43. The summed E-state index contributed by atoms with van der Waals surface area (Å²) in [5.41, 5.74) is 2.75. The van der Waals surface area contributed by atoms with Crippen molar-refractivity contribution in [2.75, 3.05) is 11.9 Å². The summed E-state index contributed by atoms with van der Waals surface area (Å²) in [6.07, 6.45) is 3.77. The molecule has 2 aromatic carbocycles. The lowest BCUT2D eigenvalue weighted by Gasteiger charge is -2.24. The normalized spacial score (nSPS) is 15.8. The minimum atomic E-state index is -0.250. The van der Waals surface area contributed by atoms with E-state index in [-0.39, 0.29) is 11.8 Å². The van der Waals surface area contributed by atoms with E-state index < -0.39 is 0 Å².